The second-order valence-electron chi connectivity index (χ2n) is 8.05. The van der Waals surface area contributed by atoms with Crippen molar-refractivity contribution < 1.29 is 27.0 Å². The van der Waals surface area contributed by atoms with Crippen LogP contribution in [0.1, 0.15) is 41.9 Å². The van der Waals surface area contributed by atoms with Gasteiger partial charge in [-0.1, -0.05) is 0 Å². The first-order valence-corrected chi connectivity index (χ1v) is 10.1. The highest BCUT2D eigenvalue weighted by Crippen LogP contribution is 2.38. The molecule has 0 saturated carbocycles. The average molecular weight is 459 g/mol. The van der Waals surface area contributed by atoms with E-state index in [1.165, 1.54) is 6.07 Å². The molecule has 2 atom stereocenters. The third-order valence-corrected chi connectivity index (χ3v) is 5.80. The minimum Gasteiger partial charge on any atom is -0.486 e. The molecule has 4 nitrogen and oxygen atoms in total. The highest BCUT2D eigenvalue weighted by molar-refractivity contribution is 7.59. The number of alkyl halides is 3. The van der Waals surface area contributed by atoms with Crippen molar-refractivity contribution in [3.63, 3.8) is 0 Å². The maximum atomic E-state index is 14.7. The molecule has 1 saturated heterocycles. The van der Waals surface area contributed by atoms with Crippen LogP contribution in [-0.4, -0.2) is 36.2 Å². The van der Waals surface area contributed by atoms with Crippen molar-refractivity contribution in [2.75, 3.05) is 26.3 Å². The zero-order valence-corrected chi connectivity index (χ0v) is 18.4. The van der Waals surface area contributed by atoms with Gasteiger partial charge in [0, 0.05) is 29.9 Å². The zero-order valence-electron chi connectivity index (χ0n) is 17.4. The van der Waals surface area contributed by atoms with Gasteiger partial charge < -0.3 is 9.47 Å². The molecule has 0 bridgehead atoms. The largest absolute Gasteiger partial charge is 0.486 e. The fraction of sp³-hybridized carbons (Fsp3) is 0.500. The Kier molecular flexibility index (Phi) is 7.05. The van der Waals surface area contributed by atoms with Gasteiger partial charge in [-0.2, -0.15) is 26.7 Å². The first-order chi connectivity index (χ1) is 14.2. The van der Waals surface area contributed by atoms with E-state index in [0.717, 1.165) is 19.0 Å². The summed E-state index contributed by atoms with van der Waals surface area (Å²) in [5.41, 5.74) is 0.694. The summed E-state index contributed by atoms with van der Waals surface area (Å²) in [6, 6.07) is 5.74. The van der Waals surface area contributed by atoms with Gasteiger partial charge in [0.2, 0.25) is 0 Å². The molecule has 1 aromatic heterocycles. The number of aryl methyl sites for hydroxylation is 1. The summed E-state index contributed by atoms with van der Waals surface area (Å²) in [5, 5.41) is 0. The third-order valence-electron chi connectivity index (χ3n) is 5.80. The molecule has 0 amide bonds. The van der Waals surface area contributed by atoms with Crippen molar-refractivity contribution in [2.24, 2.45) is 5.92 Å². The van der Waals surface area contributed by atoms with Gasteiger partial charge in [-0.15, -0.1) is 0 Å². The monoisotopic (exact) mass is 458 g/mol. The molecule has 2 aliphatic heterocycles. The van der Waals surface area contributed by atoms with Gasteiger partial charge in [-0.25, -0.2) is 9.37 Å². The molecule has 1 aromatic carbocycles. The van der Waals surface area contributed by atoms with Gasteiger partial charge in [0.15, 0.2) is 11.5 Å². The lowest BCUT2D eigenvalue weighted by atomic mass is 9.98. The Hall–Kier alpha value is -2.00. The number of ether oxygens (including phenoxy) is 2. The maximum absolute atomic E-state index is 14.7. The van der Waals surface area contributed by atoms with Crippen molar-refractivity contribution in [1.82, 2.24) is 9.88 Å². The van der Waals surface area contributed by atoms with Crippen LogP contribution in [0.25, 0.3) is 0 Å². The van der Waals surface area contributed by atoms with E-state index in [9.17, 15) is 17.6 Å². The van der Waals surface area contributed by atoms with Gasteiger partial charge in [0.25, 0.3) is 0 Å². The van der Waals surface area contributed by atoms with Gasteiger partial charge in [0.05, 0.1) is 0 Å². The Bertz CT molecular complexity index is 938. The van der Waals surface area contributed by atoms with Crippen LogP contribution >= 0.6 is 13.5 Å². The number of nitrogens with zero attached hydrogens (tertiary/aromatic N) is 2. The Morgan fingerprint density at radius 2 is 1.81 bits per heavy atom. The van der Waals surface area contributed by atoms with Crippen LogP contribution in [-0.2, 0) is 12.6 Å². The van der Waals surface area contributed by atoms with E-state index < -0.39 is 11.9 Å². The van der Waals surface area contributed by atoms with E-state index >= 15 is 0 Å². The quantitative estimate of drug-likeness (QED) is 0.600. The first-order valence-electron chi connectivity index (χ1n) is 10.1. The summed E-state index contributed by atoms with van der Waals surface area (Å²) >= 11 is 0. The smallest absolute Gasteiger partial charge is 0.433 e. The topological polar surface area (TPSA) is 34.6 Å². The minimum atomic E-state index is -4.45. The summed E-state index contributed by atoms with van der Waals surface area (Å²) in [4.78, 5) is 5.77. The number of rotatable bonds is 4. The lowest BCUT2D eigenvalue weighted by molar-refractivity contribution is -0.141. The standard InChI is InChI=1S/C22H24F4N2O2.H2S/c1-13-7-16(9-21(27-13)22(24,25)26)8-15-3-4-28(12-15)14(2)17-10-19-20(11-18(17)23)30-6-5-29-19;/h7,9-11,14-15H,3-6,8,12H2,1-2H3;1H2/t14?,15-;/m1./s1. The van der Waals surface area contributed by atoms with Crippen molar-refractivity contribution >= 4 is 13.5 Å². The summed E-state index contributed by atoms with van der Waals surface area (Å²) in [7, 11) is 0. The second-order valence-corrected chi connectivity index (χ2v) is 8.05. The Labute approximate surface area is 186 Å². The van der Waals surface area contributed by atoms with Gasteiger partial charge in [0.1, 0.15) is 24.7 Å². The molecule has 4 rings (SSSR count). The number of hydrogen-bond donors (Lipinski definition) is 0. The maximum Gasteiger partial charge on any atom is 0.433 e. The number of fused-ring (bicyclic) bond motifs is 1. The van der Waals surface area contributed by atoms with Crippen molar-refractivity contribution in [3.8, 4) is 11.5 Å². The van der Waals surface area contributed by atoms with Gasteiger partial charge >= 0.3 is 6.18 Å². The molecule has 0 N–H and O–H groups in total. The van der Waals surface area contributed by atoms with Crippen LogP contribution in [0, 0.1) is 18.7 Å². The molecule has 1 fully saturated rings. The third kappa shape index (κ3) is 5.26. The highest BCUT2D eigenvalue weighted by Gasteiger charge is 2.34. The number of aromatic nitrogens is 1. The normalized spacial score (nSPS) is 19.7. The molecule has 170 valence electrons. The van der Waals surface area contributed by atoms with Gasteiger partial charge in [-0.3, -0.25) is 4.90 Å². The van der Waals surface area contributed by atoms with E-state index in [-0.39, 0.29) is 31.3 Å². The van der Waals surface area contributed by atoms with Crippen LogP contribution in [0.15, 0.2) is 24.3 Å². The fourth-order valence-corrected chi connectivity index (χ4v) is 4.31. The van der Waals surface area contributed by atoms with Crippen LogP contribution in [0.5, 0.6) is 11.5 Å². The van der Waals surface area contributed by atoms with Crippen molar-refractivity contribution in [1.29, 1.82) is 0 Å². The van der Waals surface area contributed by atoms with E-state index in [0.29, 0.717) is 54.5 Å². The van der Waals surface area contributed by atoms with Crippen LogP contribution in [0.2, 0.25) is 0 Å². The van der Waals surface area contributed by atoms with Crippen LogP contribution in [0.4, 0.5) is 17.6 Å². The van der Waals surface area contributed by atoms with E-state index in [4.69, 9.17) is 9.47 Å². The Balaban J connectivity index is 0.00000272. The number of likely N-dealkylation sites (tertiary alicyclic amines) is 1. The van der Waals surface area contributed by atoms with Crippen LogP contribution in [0.3, 0.4) is 0 Å². The second kappa shape index (κ2) is 9.24. The Morgan fingerprint density at radius 1 is 1.13 bits per heavy atom. The molecule has 0 spiro atoms. The summed E-state index contributed by atoms with van der Waals surface area (Å²) in [5.74, 6) is 0.833. The van der Waals surface area contributed by atoms with Crippen LogP contribution < -0.4 is 9.47 Å². The molecular weight excluding hydrogens is 432 g/mol. The van der Waals surface area contributed by atoms with Crippen molar-refractivity contribution in [2.45, 2.75) is 38.9 Å². The molecule has 2 aliphatic rings. The number of benzene rings is 1. The molecular formula is C22H26F4N2O2S. The lowest BCUT2D eigenvalue weighted by Gasteiger charge is -2.27. The molecule has 2 aromatic rings. The molecule has 0 aliphatic carbocycles. The Morgan fingerprint density at radius 3 is 2.48 bits per heavy atom. The number of hydrogen-bond acceptors (Lipinski definition) is 4. The van der Waals surface area contributed by atoms with Crippen molar-refractivity contribution in [3.05, 3.63) is 52.6 Å². The predicted molar refractivity (Wildman–Crippen MR) is 114 cm³/mol. The SMILES string of the molecule is Cc1cc(C[C@H]2CCN(C(C)c3cc4c(cc3F)OCCO4)C2)cc(C(F)(F)F)n1.S. The van der Waals surface area contributed by atoms with E-state index in [1.807, 2.05) is 6.92 Å². The number of pyridine rings is 1. The summed E-state index contributed by atoms with van der Waals surface area (Å²) in [6.07, 6.45) is -3.06. The highest BCUT2D eigenvalue weighted by atomic mass is 32.1. The van der Waals surface area contributed by atoms with E-state index in [2.05, 4.69) is 9.88 Å². The average Bonchev–Trinajstić information content (AvgIpc) is 3.14. The summed E-state index contributed by atoms with van der Waals surface area (Å²) < 4.78 is 64.8. The fourth-order valence-electron chi connectivity index (χ4n) is 4.31. The lowest BCUT2D eigenvalue weighted by Crippen LogP contribution is -2.26. The van der Waals surface area contributed by atoms with Gasteiger partial charge in [-0.05, 0) is 62.9 Å². The van der Waals surface area contributed by atoms with E-state index in [1.54, 1.807) is 19.1 Å². The number of halogens is 4. The molecule has 3 heterocycles. The summed E-state index contributed by atoms with van der Waals surface area (Å²) in [6.45, 7) is 5.80. The molecule has 0 radical (unpaired) electrons. The molecule has 1 unspecified atom stereocenters. The minimum absolute atomic E-state index is 0. The zero-order chi connectivity index (χ0) is 21.5. The molecule has 31 heavy (non-hydrogen) atoms. The first kappa shape index (κ1) is 23.7. The predicted octanol–water partition coefficient (Wildman–Crippen LogP) is 5.06. The molecule has 9 heteroatoms.